The molecule has 0 saturated carbocycles. The van der Waals surface area contributed by atoms with E-state index in [1.165, 1.54) is 57.8 Å². The van der Waals surface area contributed by atoms with Gasteiger partial charge in [0.25, 0.3) is 0 Å². The number of hydrogen-bond acceptors (Lipinski definition) is 3. The van der Waals surface area contributed by atoms with Crippen molar-refractivity contribution in [1.29, 1.82) is 0 Å². The molecule has 0 N–H and O–H groups in total. The maximum Gasteiger partial charge on any atom is 0.114 e. The predicted molar refractivity (Wildman–Crippen MR) is 89.6 cm³/mol. The average molecular weight is 300 g/mol. The van der Waals surface area contributed by atoms with E-state index < -0.39 is 0 Å². The van der Waals surface area contributed by atoms with Gasteiger partial charge in [0.1, 0.15) is 12.4 Å². The molecule has 0 aliphatic heterocycles. The molecule has 0 bridgehead atoms. The second kappa shape index (κ2) is 17.5. The molecule has 3 nitrogen and oxygen atoms in total. The van der Waals surface area contributed by atoms with Crippen LogP contribution in [-0.2, 0) is 14.2 Å². The fraction of sp³-hybridized carbons (Fsp3) is 0.889. The molecule has 0 aromatic carbocycles. The first-order chi connectivity index (χ1) is 10.3. The van der Waals surface area contributed by atoms with Gasteiger partial charge >= 0.3 is 0 Å². The van der Waals surface area contributed by atoms with Crippen molar-refractivity contribution < 1.29 is 14.2 Å². The molecule has 0 aromatic heterocycles. The van der Waals surface area contributed by atoms with Crippen LogP contribution in [0.4, 0.5) is 0 Å². The zero-order valence-corrected chi connectivity index (χ0v) is 14.3. The fourth-order valence-electron chi connectivity index (χ4n) is 2.18. The smallest absolute Gasteiger partial charge is 0.114 e. The minimum Gasteiger partial charge on any atom is -0.496 e. The highest BCUT2D eigenvalue weighted by Gasteiger charge is 1.97. The highest BCUT2D eigenvalue weighted by Crippen LogP contribution is 2.10. The second-order valence-electron chi connectivity index (χ2n) is 5.61. The molecule has 0 aliphatic rings. The lowest BCUT2D eigenvalue weighted by molar-refractivity contribution is 0.0571. The summed E-state index contributed by atoms with van der Waals surface area (Å²) in [5.74, 6) is 0.724. The van der Waals surface area contributed by atoms with Crippen molar-refractivity contribution in [2.45, 2.75) is 71.1 Å². The highest BCUT2D eigenvalue weighted by molar-refractivity contribution is 4.81. The Morgan fingerprint density at radius 3 is 1.90 bits per heavy atom. The third-order valence-electron chi connectivity index (χ3n) is 3.50. The van der Waals surface area contributed by atoms with Gasteiger partial charge in [0.2, 0.25) is 0 Å². The highest BCUT2D eigenvalue weighted by atomic mass is 16.5. The maximum atomic E-state index is 5.53. The minimum atomic E-state index is 0.473. The maximum absolute atomic E-state index is 5.53. The quantitative estimate of drug-likeness (QED) is 0.276. The molecule has 0 radical (unpaired) electrons. The number of unbranched alkanes of at least 4 members (excludes halogenated alkanes) is 9. The van der Waals surface area contributed by atoms with Gasteiger partial charge in [-0.25, -0.2) is 0 Å². The average Bonchev–Trinajstić information content (AvgIpc) is 2.49. The molecule has 126 valence electrons. The summed E-state index contributed by atoms with van der Waals surface area (Å²) in [7, 11) is 1.67. The van der Waals surface area contributed by atoms with Crippen molar-refractivity contribution in [1.82, 2.24) is 0 Å². The Morgan fingerprint density at radius 1 is 0.762 bits per heavy atom. The van der Waals surface area contributed by atoms with E-state index in [4.69, 9.17) is 14.2 Å². The standard InChI is InChI=1S/C18H36O3/c1-4-5-6-7-8-9-10-11-12-13-14-21-18(2)17-20-16-15-19-3/h2,4-17H2,1,3H3. The van der Waals surface area contributed by atoms with Crippen LogP contribution in [-0.4, -0.2) is 33.5 Å². The lowest BCUT2D eigenvalue weighted by Gasteiger charge is -2.09. The van der Waals surface area contributed by atoms with E-state index in [1.807, 2.05) is 0 Å². The Morgan fingerprint density at radius 2 is 1.33 bits per heavy atom. The van der Waals surface area contributed by atoms with E-state index in [9.17, 15) is 0 Å². The number of ether oxygens (including phenoxy) is 3. The Balaban J connectivity index is 3.09. The molecule has 0 aromatic rings. The van der Waals surface area contributed by atoms with E-state index in [1.54, 1.807) is 7.11 Å². The minimum absolute atomic E-state index is 0.473. The van der Waals surface area contributed by atoms with Crippen LogP contribution < -0.4 is 0 Å². The van der Waals surface area contributed by atoms with Crippen LogP contribution in [0.3, 0.4) is 0 Å². The van der Waals surface area contributed by atoms with Crippen molar-refractivity contribution in [3.63, 3.8) is 0 Å². The van der Waals surface area contributed by atoms with Crippen LogP contribution in [0.15, 0.2) is 12.3 Å². The third-order valence-corrected chi connectivity index (χ3v) is 3.50. The van der Waals surface area contributed by atoms with E-state index in [0.29, 0.717) is 19.8 Å². The van der Waals surface area contributed by atoms with Gasteiger partial charge in [-0.3, -0.25) is 0 Å². The van der Waals surface area contributed by atoms with Gasteiger partial charge in [0.15, 0.2) is 0 Å². The Kier molecular flexibility index (Phi) is 17.1. The first-order valence-corrected chi connectivity index (χ1v) is 8.68. The molecule has 0 fully saturated rings. The zero-order valence-electron chi connectivity index (χ0n) is 14.3. The molecule has 0 atom stereocenters. The van der Waals surface area contributed by atoms with Crippen molar-refractivity contribution >= 4 is 0 Å². The SMILES string of the molecule is C=C(COCCOC)OCCCCCCCCCCCC. The number of rotatable bonds is 17. The van der Waals surface area contributed by atoms with Crippen LogP contribution >= 0.6 is 0 Å². The summed E-state index contributed by atoms with van der Waals surface area (Å²) >= 11 is 0. The third kappa shape index (κ3) is 17.4. The summed E-state index contributed by atoms with van der Waals surface area (Å²) < 4.78 is 15.8. The summed E-state index contributed by atoms with van der Waals surface area (Å²) in [5, 5.41) is 0. The zero-order chi connectivity index (χ0) is 15.6. The normalized spacial score (nSPS) is 10.8. The monoisotopic (exact) mass is 300 g/mol. The van der Waals surface area contributed by atoms with Gasteiger partial charge in [0.05, 0.1) is 19.8 Å². The summed E-state index contributed by atoms with van der Waals surface area (Å²) in [6.07, 6.45) is 13.4. The topological polar surface area (TPSA) is 27.7 Å². The fourth-order valence-corrected chi connectivity index (χ4v) is 2.18. The number of hydrogen-bond donors (Lipinski definition) is 0. The molecule has 0 heterocycles. The molecule has 0 rings (SSSR count). The lowest BCUT2D eigenvalue weighted by atomic mass is 10.1. The lowest BCUT2D eigenvalue weighted by Crippen LogP contribution is -2.06. The van der Waals surface area contributed by atoms with Crippen LogP contribution in [0.25, 0.3) is 0 Å². The van der Waals surface area contributed by atoms with Gasteiger partial charge in [0, 0.05) is 7.11 Å². The Labute approximate surface area is 132 Å². The summed E-state index contributed by atoms with van der Waals surface area (Å²) in [4.78, 5) is 0. The first-order valence-electron chi connectivity index (χ1n) is 8.68. The molecule has 0 saturated heterocycles. The summed E-state index contributed by atoms with van der Waals surface area (Å²) in [5.41, 5.74) is 0. The predicted octanol–water partition coefficient (Wildman–Crippen LogP) is 5.10. The summed E-state index contributed by atoms with van der Waals surface area (Å²) in [6, 6.07) is 0. The summed E-state index contributed by atoms with van der Waals surface area (Å²) in [6.45, 7) is 8.56. The van der Waals surface area contributed by atoms with Gasteiger partial charge < -0.3 is 14.2 Å². The van der Waals surface area contributed by atoms with Crippen molar-refractivity contribution in [2.24, 2.45) is 0 Å². The Hall–Kier alpha value is -0.540. The molecule has 21 heavy (non-hydrogen) atoms. The van der Waals surface area contributed by atoms with Gasteiger partial charge in [-0.05, 0) is 6.42 Å². The largest absolute Gasteiger partial charge is 0.496 e. The Bertz CT molecular complexity index is 217. The van der Waals surface area contributed by atoms with Crippen molar-refractivity contribution in [3.05, 3.63) is 12.3 Å². The van der Waals surface area contributed by atoms with E-state index in [0.717, 1.165) is 18.8 Å². The van der Waals surface area contributed by atoms with Gasteiger partial charge in [-0.1, -0.05) is 71.3 Å². The van der Waals surface area contributed by atoms with E-state index in [2.05, 4.69) is 13.5 Å². The van der Waals surface area contributed by atoms with Gasteiger partial charge in [-0.15, -0.1) is 0 Å². The van der Waals surface area contributed by atoms with Gasteiger partial charge in [-0.2, -0.15) is 0 Å². The van der Waals surface area contributed by atoms with Crippen LogP contribution in [0, 0.1) is 0 Å². The second-order valence-corrected chi connectivity index (χ2v) is 5.61. The van der Waals surface area contributed by atoms with E-state index >= 15 is 0 Å². The van der Waals surface area contributed by atoms with Crippen LogP contribution in [0.1, 0.15) is 71.1 Å². The van der Waals surface area contributed by atoms with Crippen LogP contribution in [0.2, 0.25) is 0 Å². The van der Waals surface area contributed by atoms with Crippen LogP contribution in [0.5, 0.6) is 0 Å². The molecule has 0 amide bonds. The molecule has 0 unspecified atom stereocenters. The molecular weight excluding hydrogens is 264 g/mol. The number of methoxy groups -OCH3 is 1. The first kappa shape index (κ1) is 20.5. The molecule has 0 aliphatic carbocycles. The van der Waals surface area contributed by atoms with Crippen molar-refractivity contribution in [2.75, 3.05) is 33.5 Å². The molecule has 0 spiro atoms. The molecule has 3 heteroatoms. The van der Waals surface area contributed by atoms with Crippen molar-refractivity contribution in [3.8, 4) is 0 Å². The molecular formula is C18H36O3. The van der Waals surface area contributed by atoms with E-state index in [-0.39, 0.29) is 0 Å².